The maximum absolute atomic E-state index is 12.9. The topological polar surface area (TPSA) is 109 Å². The molecule has 0 spiro atoms. The standard InChI is InChI=1S/C20H24N4O4S2/c1-3-13(2)24(14-8-9-30(26,27)12-14)18(25)11-29-20-23-22-19(28-20)16-10-21-17-7-5-4-6-15(16)17/h4-7,10,13-14,21H,3,8-9,11-12H2,1-2H3/t13-,14-/m1/s1. The van der Waals surface area contributed by atoms with E-state index in [1.807, 2.05) is 44.3 Å². The molecule has 1 saturated heterocycles. The molecule has 10 heteroatoms. The van der Waals surface area contributed by atoms with E-state index < -0.39 is 9.84 Å². The van der Waals surface area contributed by atoms with E-state index in [9.17, 15) is 13.2 Å². The zero-order valence-electron chi connectivity index (χ0n) is 16.9. The van der Waals surface area contributed by atoms with Gasteiger partial charge in [-0.25, -0.2) is 8.42 Å². The van der Waals surface area contributed by atoms with Gasteiger partial charge in [0.2, 0.25) is 5.91 Å². The summed E-state index contributed by atoms with van der Waals surface area (Å²) < 4.78 is 29.5. The molecule has 1 aromatic carbocycles. The third kappa shape index (κ3) is 4.24. The molecule has 2 atom stereocenters. The van der Waals surface area contributed by atoms with E-state index in [0.29, 0.717) is 17.5 Å². The number of aromatic nitrogens is 3. The minimum absolute atomic E-state index is 0.0270. The van der Waals surface area contributed by atoms with Crippen molar-refractivity contribution in [1.82, 2.24) is 20.1 Å². The normalized spacial score (nSPS) is 19.2. The van der Waals surface area contributed by atoms with Gasteiger partial charge in [-0.3, -0.25) is 4.79 Å². The quantitative estimate of drug-likeness (QED) is 0.553. The number of hydrogen-bond donors (Lipinski definition) is 1. The molecule has 1 N–H and O–H groups in total. The van der Waals surface area contributed by atoms with E-state index in [1.165, 1.54) is 11.8 Å². The van der Waals surface area contributed by atoms with Crippen molar-refractivity contribution in [2.75, 3.05) is 17.3 Å². The summed E-state index contributed by atoms with van der Waals surface area (Å²) in [6, 6.07) is 7.54. The number of aromatic amines is 1. The maximum atomic E-state index is 12.9. The van der Waals surface area contributed by atoms with Crippen molar-refractivity contribution in [1.29, 1.82) is 0 Å². The fourth-order valence-corrected chi connectivity index (χ4v) is 6.17. The minimum atomic E-state index is -3.07. The van der Waals surface area contributed by atoms with Gasteiger partial charge >= 0.3 is 0 Å². The first-order valence-corrected chi connectivity index (χ1v) is 12.7. The fraction of sp³-hybridized carbons (Fsp3) is 0.450. The molecule has 0 radical (unpaired) electrons. The molecule has 3 aromatic rings. The van der Waals surface area contributed by atoms with E-state index >= 15 is 0 Å². The number of para-hydroxylation sites is 1. The Balaban J connectivity index is 1.45. The van der Waals surface area contributed by atoms with Crippen LogP contribution in [-0.4, -0.2) is 63.7 Å². The fourth-order valence-electron chi connectivity index (χ4n) is 3.82. The highest BCUT2D eigenvalue weighted by Gasteiger charge is 2.36. The first-order chi connectivity index (χ1) is 14.4. The molecule has 4 rings (SSSR count). The Morgan fingerprint density at radius 2 is 2.17 bits per heavy atom. The number of H-pyrrole nitrogens is 1. The summed E-state index contributed by atoms with van der Waals surface area (Å²) in [5, 5.41) is 9.48. The summed E-state index contributed by atoms with van der Waals surface area (Å²) in [5.74, 6) is 0.587. The zero-order valence-corrected chi connectivity index (χ0v) is 18.5. The number of fused-ring (bicyclic) bond motifs is 1. The van der Waals surface area contributed by atoms with Gasteiger partial charge in [0, 0.05) is 29.2 Å². The Kier molecular flexibility index (Phi) is 5.88. The van der Waals surface area contributed by atoms with Gasteiger partial charge in [0.15, 0.2) is 9.84 Å². The van der Waals surface area contributed by atoms with Crippen LogP contribution in [0.15, 0.2) is 40.1 Å². The van der Waals surface area contributed by atoms with Crippen molar-refractivity contribution < 1.29 is 17.6 Å². The van der Waals surface area contributed by atoms with Crippen LogP contribution < -0.4 is 0 Å². The number of nitrogens with one attached hydrogen (secondary N) is 1. The lowest BCUT2D eigenvalue weighted by molar-refractivity contribution is -0.132. The molecule has 8 nitrogen and oxygen atoms in total. The van der Waals surface area contributed by atoms with Crippen LogP contribution in [0.4, 0.5) is 0 Å². The van der Waals surface area contributed by atoms with Gasteiger partial charge in [-0.05, 0) is 25.8 Å². The van der Waals surface area contributed by atoms with Crippen LogP contribution in [0.2, 0.25) is 0 Å². The highest BCUT2D eigenvalue weighted by atomic mass is 32.2. The summed E-state index contributed by atoms with van der Waals surface area (Å²) in [5.41, 5.74) is 1.79. The third-order valence-corrected chi connectivity index (χ3v) is 8.05. The van der Waals surface area contributed by atoms with E-state index in [0.717, 1.165) is 22.9 Å². The van der Waals surface area contributed by atoms with Crippen LogP contribution in [0.25, 0.3) is 22.4 Å². The molecule has 30 heavy (non-hydrogen) atoms. The molecule has 0 saturated carbocycles. The summed E-state index contributed by atoms with van der Waals surface area (Å²) in [7, 11) is -3.07. The number of nitrogens with zero attached hydrogens (tertiary/aromatic N) is 3. The molecule has 0 bridgehead atoms. The van der Waals surface area contributed by atoms with Crippen molar-refractivity contribution in [3.63, 3.8) is 0 Å². The number of thioether (sulfide) groups is 1. The number of carbonyl (C=O) groups excluding carboxylic acids is 1. The highest BCUT2D eigenvalue weighted by Crippen LogP contribution is 2.30. The molecular formula is C20H24N4O4S2. The minimum Gasteiger partial charge on any atom is -0.411 e. The lowest BCUT2D eigenvalue weighted by Crippen LogP contribution is -2.47. The molecule has 1 amide bonds. The second kappa shape index (κ2) is 8.43. The highest BCUT2D eigenvalue weighted by molar-refractivity contribution is 7.99. The monoisotopic (exact) mass is 448 g/mol. The SMILES string of the molecule is CC[C@@H](C)N(C(=O)CSc1nnc(-c2c[nH]c3ccccc23)o1)[C@@H]1CCS(=O)(=O)C1. The van der Waals surface area contributed by atoms with Gasteiger partial charge in [0.25, 0.3) is 11.1 Å². The van der Waals surface area contributed by atoms with Crippen LogP contribution in [0.1, 0.15) is 26.7 Å². The Morgan fingerprint density at radius 3 is 2.90 bits per heavy atom. The van der Waals surface area contributed by atoms with Crippen LogP contribution in [-0.2, 0) is 14.6 Å². The van der Waals surface area contributed by atoms with Crippen LogP contribution in [0.3, 0.4) is 0 Å². The van der Waals surface area contributed by atoms with Crippen molar-refractivity contribution >= 4 is 38.4 Å². The van der Waals surface area contributed by atoms with Crippen molar-refractivity contribution in [2.24, 2.45) is 0 Å². The lowest BCUT2D eigenvalue weighted by Gasteiger charge is -2.33. The first kappa shape index (κ1) is 20.9. The van der Waals surface area contributed by atoms with E-state index in [-0.39, 0.29) is 35.2 Å². The van der Waals surface area contributed by atoms with Gasteiger partial charge < -0.3 is 14.3 Å². The predicted molar refractivity (Wildman–Crippen MR) is 116 cm³/mol. The largest absolute Gasteiger partial charge is 0.411 e. The summed E-state index contributed by atoms with van der Waals surface area (Å²) in [6.45, 7) is 3.95. The average Bonchev–Trinajstić information content (AvgIpc) is 3.44. The second-order valence-electron chi connectivity index (χ2n) is 7.52. The Hall–Kier alpha value is -2.33. The molecule has 0 aliphatic carbocycles. The average molecular weight is 449 g/mol. The summed E-state index contributed by atoms with van der Waals surface area (Å²) >= 11 is 1.18. The molecular weight excluding hydrogens is 424 g/mol. The zero-order chi connectivity index (χ0) is 21.3. The van der Waals surface area contributed by atoms with Gasteiger partial charge in [-0.2, -0.15) is 0 Å². The number of benzene rings is 1. The number of sulfone groups is 1. The second-order valence-corrected chi connectivity index (χ2v) is 10.7. The molecule has 1 aliphatic rings. The molecule has 2 aromatic heterocycles. The molecule has 160 valence electrons. The Morgan fingerprint density at radius 1 is 1.37 bits per heavy atom. The number of hydrogen-bond acceptors (Lipinski definition) is 7. The smallest absolute Gasteiger partial charge is 0.277 e. The van der Waals surface area contributed by atoms with Crippen LogP contribution in [0, 0.1) is 0 Å². The Labute approximate surface area is 179 Å². The van der Waals surface area contributed by atoms with Crippen molar-refractivity contribution in [3.05, 3.63) is 30.5 Å². The lowest BCUT2D eigenvalue weighted by atomic mass is 10.1. The van der Waals surface area contributed by atoms with Crippen LogP contribution in [0.5, 0.6) is 0 Å². The van der Waals surface area contributed by atoms with Gasteiger partial charge in [0.05, 0.1) is 22.8 Å². The van der Waals surface area contributed by atoms with E-state index in [1.54, 1.807) is 4.90 Å². The number of rotatable bonds is 7. The van der Waals surface area contributed by atoms with Crippen LogP contribution >= 0.6 is 11.8 Å². The van der Waals surface area contributed by atoms with Crippen molar-refractivity contribution in [2.45, 2.75) is 44.0 Å². The van der Waals surface area contributed by atoms with Gasteiger partial charge in [0.1, 0.15) is 0 Å². The van der Waals surface area contributed by atoms with Gasteiger partial charge in [-0.1, -0.05) is 36.9 Å². The molecule has 0 unspecified atom stereocenters. The third-order valence-electron chi connectivity index (χ3n) is 5.50. The van der Waals surface area contributed by atoms with E-state index in [2.05, 4.69) is 15.2 Å². The summed E-state index contributed by atoms with van der Waals surface area (Å²) in [4.78, 5) is 17.8. The Bertz CT molecular complexity index is 1150. The first-order valence-electron chi connectivity index (χ1n) is 9.92. The predicted octanol–water partition coefficient (Wildman–Crippen LogP) is 3.12. The number of amides is 1. The van der Waals surface area contributed by atoms with E-state index in [4.69, 9.17) is 4.42 Å². The molecule has 3 heterocycles. The number of carbonyl (C=O) groups is 1. The maximum Gasteiger partial charge on any atom is 0.277 e. The van der Waals surface area contributed by atoms with Crippen molar-refractivity contribution in [3.8, 4) is 11.5 Å². The summed E-state index contributed by atoms with van der Waals surface area (Å²) in [6.07, 6.45) is 3.08. The molecule has 1 fully saturated rings. The van der Waals surface area contributed by atoms with Gasteiger partial charge in [-0.15, -0.1) is 10.2 Å². The molecule has 1 aliphatic heterocycles.